The number of sulfone groups is 1. The van der Waals surface area contributed by atoms with Crippen LogP contribution in [-0.4, -0.2) is 26.0 Å². The minimum absolute atomic E-state index is 0.116. The first-order valence-corrected chi connectivity index (χ1v) is 8.22. The van der Waals surface area contributed by atoms with Crippen molar-refractivity contribution in [2.24, 2.45) is 0 Å². The van der Waals surface area contributed by atoms with E-state index in [1.165, 1.54) is 0 Å². The van der Waals surface area contributed by atoms with Crippen LogP contribution in [0.2, 0.25) is 0 Å². The highest BCUT2D eigenvalue weighted by Gasteiger charge is 2.24. The van der Waals surface area contributed by atoms with Gasteiger partial charge in [-0.15, -0.1) is 0 Å². The molecule has 0 saturated heterocycles. The summed E-state index contributed by atoms with van der Waals surface area (Å²) in [5, 5.41) is 2.98. The van der Waals surface area contributed by atoms with Crippen molar-refractivity contribution in [2.75, 3.05) is 12.3 Å². The Morgan fingerprint density at radius 3 is 2.28 bits per heavy atom. The maximum absolute atomic E-state index is 12.2. The average Bonchev–Trinajstić information content (AvgIpc) is 2.38. The van der Waals surface area contributed by atoms with Crippen molar-refractivity contribution in [3.63, 3.8) is 0 Å². The van der Waals surface area contributed by atoms with E-state index in [-0.39, 0.29) is 17.0 Å². The summed E-state index contributed by atoms with van der Waals surface area (Å²) in [7, 11) is -3.04. The second-order valence-electron chi connectivity index (χ2n) is 4.57. The molecule has 0 amide bonds. The van der Waals surface area contributed by atoms with Gasteiger partial charge in [0.2, 0.25) is 0 Å². The summed E-state index contributed by atoms with van der Waals surface area (Å²) in [6.07, 6.45) is 0.663. The van der Waals surface area contributed by atoms with Crippen molar-refractivity contribution < 1.29 is 8.42 Å². The molecule has 102 valence electrons. The molecule has 0 radical (unpaired) electrons. The van der Waals surface area contributed by atoms with Gasteiger partial charge in [0.1, 0.15) is 0 Å². The van der Waals surface area contributed by atoms with E-state index < -0.39 is 9.84 Å². The van der Waals surface area contributed by atoms with E-state index in [1.807, 2.05) is 44.2 Å². The summed E-state index contributed by atoms with van der Waals surface area (Å²) in [4.78, 5) is 0. The van der Waals surface area contributed by atoms with Crippen LogP contribution in [0.4, 0.5) is 0 Å². The van der Waals surface area contributed by atoms with Crippen molar-refractivity contribution >= 4 is 9.84 Å². The molecule has 3 nitrogen and oxygen atoms in total. The Bertz CT molecular complexity index is 442. The zero-order chi connectivity index (χ0) is 13.6. The average molecular weight is 269 g/mol. The van der Waals surface area contributed by atoms with Crippen LogP contribution in [0.25, 0.3) is 0 Å². The highest BCUT2D eigenvalue weighted by atomic mass is 32.2. The molecule has 4 heteroatoms. The highest BCUT2D eigenvalue weighted by Crippen LogP contribution is 2.18. The van der Waals surface area contributed by atoms with Gasteiger partial charge in [-0.3, -0.25) is 0 Å². The molecule has 1 aromatic carbocycles. The Balaban J connectivity index is 2.88. The van der Waals surface area contributed by atoms with Gasteiger partial charge in [-0.1, -0.05) is 44.2 Å². The van der Waals surface area contributed by atoms with E-state index in [9.17, 15) is 8.42 Å². The summed E-state index contributed by atoms with van der Waals surface area (Å²) in [6.45, 7) is 6.44. The van der Waals surface area contributed by atoms with Crippen LogP contribution in [0.15, 0.2) is 30.3 Å². The summed E-state index contributed by atoms with van der Waals surface area (Å²) < 4.78 is 24.4. The second-order valence-corrected chi connectivity index (χ2v) is 7.03. The molecule has 2 atom stereocenters. The van der Waals surface area contributed by atoms with Gasteiger partial charge in [0.05, 0.1) is 11.0 Å². The van der Waals surface area contributed by atoms with Crippen molar-refractivity contribution in [1.29, 1.82) is 0 Å². The molecule has 0 spiro atoms. The molecule has 1 N–H and O–H groups in total. The third-order valence-corrected chi connectivity index (χ3v) is 5.60. The fourth-order valence-electron chi connectivity index (χ4n) is 1.86. The minimum Gasteiger partial charge on any atom is -0.309 e. The normalized spacial score (nSPS) is 15.3. The minimum atomic E-state index is -3.04. The number of hydrogen-bond acceptors (Lipinski definition) is 3. The van der Waals surface area contributed by atoms with Crippen LogP contribution >= 0.6 is 0 Å². The van der Waals surface area contributed by atoms with Gasteiger partial charge in [-0.2, -0.15) is 0 Å². The largest absolute Gasteiger partial charge is 0.309 e. The smallest absolute Gasteiger partial charge is 0.154 e. The Kier molecular flexibility index (Phi) is 5.82. The molecular weight excluding hydrogens is 246 g/mol. The Morgan fingerprint density at radius 1 is 1.17 bits per heavy atom. The van der Waals surface area contributed by atoms with Crippen molar-refractivity contribution in [3.8, 4) is 0 Å². The molecule has 0 saturated carbocycles. The van der Waals surface area contributed by atoms with Gasteiger partial charge < -0.3 is 5.32 Å². The van der Waals surface area contributed by atoms with E-state index in [4.69, 9.17) is 0 Å². The maximum atomic E-state index is 12.2. The number of nitrogens with one attached hydrogen (secondary N) is 1. The van der Waals surface area contributed by atoms with Gasteiger partial charge in [0.15, 0.2) is 9.84 Å². The fourth-order valence-corrected chi connectivity index (χ4v) is 3.47. The second kappa shape index (κ2) is 6.90. The molecule has 0 aliphatic rings. The molecular formula is C14H23NO2S. The SMILES string of the molecule is CCNC(CS(=O)(=O)C(C)CC)c1ccccc1. The Labute approximate surface area is 111 Å². The van der Waals surface area contributed by atoms with Gasteiger partial charge in [-0.25, -0.2) is 8.42 Å². The number of hydrogen-bond donors (Lipinski definition) is 1. The summed E-state index contributed by atoms with van der Waals surface area (Å²) >= 11 is 0. The van der Waals surface area contributed by atoms with Gasteiger partial charge in [0, 0.05) is 6.04 Å². The molecule has 0 fully saturated rings. The van der Waals surface area contributed by atoms with E-state index in [0.717, 1.165) is 12.1 Å². The lowest BCUT2D eigenvalue weighted by Crippen LogP contribution is -2.31. The van der Waals surface area contributed by atoms with Gasteiger partial charge >= 0.3 is 0 Å². The quantitative estimate of drug-likeness (QED) is 0.827. The molecule has 0 bridgehead atoms. The van der Waals surface area contributed by atoms with E-state index >= 15 is 0 Å². The zero-order valence-electron chi connectivity index (χ0n) is 11.4. The number of benzene rings is 1. The highest BCUT2D eigenvalue weighted by molar-refractivity contribution is 7.92. The molecule has 0 aliphatic carbocycles. The van der Waals surface area contributed by atoms with Crippen molar-refractivity contribution in [3.05, 3.63) is 35.9 Å². The van der Waals surface area contributed by atoms with Gasteiger partial charge in [0.25, 0.3) is 0 Å². The Morgan fingerprint density at radius 2 is 1.78 bits per heavy atom. The molecule has 0 heterocycles. The summed E-state index contributed by atoms with van der Waals surface area (Å²) in [5.74, 6) is 0.167. The zero-order valence-corrected chi connectivity index (χ0v) is 12.2. The topological polar surface area (TPSA) is 46.2 Å². The van der Waals surface area contributed by atoms with Crippen LogP contribution in [0.5, 0.6) is 0 Å². The first kappa shape index (κ1) is 15.2. The maximum Gasteiger partial charge on any atom is 0.154 e. The lowest BCUT2D eigenvalue weighted by Gasteiger charge is -2.20. The molecule has 18 heavy (non-hydrogen) atoms. The summed E-state index contributed by atoms with van der Waals surface area (Å²) in [5.41, 5.74) is 1.03. The first-order valence-electron chi connectivity index (χ1n) is 6.51. The van der Waals surface area contributed by atoms with E-state index in [0.29, 0.717) is 6.42 Å². The van der Waals surface area contributed by atoms with Crippen LogP contribution in [-0.2, 0) is 9.84 Å². The lowest BCUT2D eigenvalue weighted by atomic mass is 10.1. The molecule has 0 aliphatic heterocycles. The fraction of sp³-hybridized carbons (Fsp3) is 0.571. The Hall–Kier alpha value is -0.870. The lowest BCUT2D eigenvalue weighted by molar-refractivity contribution is 0.549. The van der Waals surface area contributed by atoms with Crippen LogP contribution < -0.4 is 5.32 Å². The van der Waals surface area contributed by atoms with Crippen molar-refractivity contribution in [2.45, 2.75) is 38.5 Å². The van der Waals surface area contributed by atoms with Crippen LogP contribution in [0.1, 0.15) is 38.8 Å². The molecule has 1 aromatic rings. The van der Waals surface area contributed by atoms with Crippen molar-refractivity contribution in [1.82, 2.24) is 5.32 Å². The third kappa shape index (κ3) is 4.10. The predicted octanol–water partition coefficient (Wildman–Crippen LogP) is 2.55. The standard InChI is InChI=1S/C14H23NO2S/c1-4-12(3)18(16,17)11-14(15-5-2)13-9-7-6-8-10-13/h6-10,12,14-15H,4-5,11H2,1-3H3. The first-order chi connectivity index (χ1) is 8.51. The predicted molar refractivity (Wildman–Crippen MR) is 76.4 cm³/mol. The van der Waals surface area contributed by atoms with Crippen LogP contribution in [0.3, 0.4) is 0 Å². The van der Waals surface area contributed by atoms with Gasteiger partial charge in [-0.05, 0) is 25.5 Å². The third-order valence-electron chi connectivity index (χ3n) is 3.24. The number of rotatable bonds is 7. The van der Waals surface area contributed by atoms with E-state index in [2.05, 4.69) is 5.32 Å². The summed E-state index contributed by atoms with van der Waals surface area (Å²) in [6, 6.07) is 9.65. The monoisotopic (exact) mass is 269 g/mol. The molecule has 2 unspecified atom stereocenters. The van der Waals surface area contributed by atoms with E-state index in [1.54, 1.807) is 6.92 Å². The molecule has 1 rings (SSSR count). The van der Waals surface area contributed by atoms with Crippen LogP contribution in [0, 0.1) is 0 Å². The molecule has 0 aromatic heterocycles.